The number of carboxylic acid groups (broad SMARTS) is 1. The van der Waals surface area contributed by atoms with Gasteiger partial charge in [-0.15, -0.1) is 0 Å². The van der Waals surface area contributed by atoms with Crippen molar-refractivity contribution < 1.29 is 14.7 Å². The monoisotopic (exact) mass is 367 g/mol. The van der Waals surface area contributed by atoms with Crippen molar-refractivity contribution in [2.75, 3.05) is 19.6 Å². The minimum atomic E-state index is -0.814. The lowest BCUT2D eigenvalue weighted by Crippen LogP contribution is -2.56. The number of benzene rings is 1. The Morgan fingerprint density at radius 2 is 1.92 bits per heavy atom. The lowest BCUT2D eigenvalue weighted by molar-refractivity contribution is -0.139. The van der Waals surface area contributed by atoms with E-state index in [0.717, 1.165) is 18.4 Å². The number of nitrogens with zero attached hydrogens (tertiary/aromatic N) is 2. The summed E-state index contributed by atoms with van der Waals surface area (Å²) in [5.74, 6) is -0.814. The molecule has 1 aliphatic rings. The van der Waals surface area contributed by atoms with E-state index in [4.69, 9.17) is 16.7 Å². The largest absolute Gasteiger partial charge is 0.480 e. The van der Waals surface area contributed by atoms with Gasteiger partial charge in [-0.3, -0.25) is 9.69 Å². The molecule has 0 saturated heterocycles. The van der Waals surface area contributed by atoms with Crippen LogP contribution in [0.1, 0.15) is 32.3 Å². The Morgan fingerprint density at radius 1 is 1.24 bits per heavy atom. The van der Waals surface area contributed by atoms with Crippen molar-refractivity contribution in [3.63, 3.8) is 0 Å². The molecule has 1 aliphatic carbocycles. The molecule has 0 heterocycles. The van der Waals surface area contributed by atoms with Crippen LogP contribution in [0.3, 0.4) is 0 Å². The van der Waals surface area contributed by atoms with Crippen LogP contribution < -0.4 is 5.32 Å². The number of rotatable bonds is 8. The summed E-state index contributed by atoms with van der Waals surface area (Å²) in [6.07, 6.45) is 1.58. The number of hydrogen-bond acceptors (Lipinski definition) is 3. The smallest absolute Gasteiger partial charge is 0.317 e. The number of amides is 2. The summed E-state index contributed by atoms with van der Waals surface area (Å²) in [5, 5.41) is 12.6. The lowest BCUT2D eigenvalue weighted by atomic mass is 9.85. The van der Waals surface area contributed by atoms with Crippen LogP contribution >= 0.6 is 11.6 Å². The third kappa shape index (κ3) is 5.34. The van der Waals surface area contributed by atoms with Gasteiger partial charge in [0, 0.05) is 30.2 Å². The molecule has 25 heavy (non-hydrogen) atoms. The zero-order chi connectivity index (χ0) is 18.4. The molecule has 2 rings (SSSR count). The number of aliphatic carboxylic acids is 1. The van der Waals surface area contributed by atoms with Crippen LogP contribution in [0.2, 0.25) is 5.02 Å². The highest BCUT2D eigenvalue weighted by molar-refractivity contribution is 6.31. The number of halogens is 1. The van der Waals surface area contributed by atoms with E-state index >= 15 is 0 Å². The molecule has 0 radical (unpaired) electrons. The van der Waals surface area contributed by atoms with Crippen molar-refractivity contribution in [1.29, 1.82) is 0 Å². The van der Waals surface area contributed by atoms with Crippen LogP contribution in [-0.4, -0.2) is 58.6 Å². The molecule has 1 saturated carbocycles. The molecule has 1 aromatic rings. The van der Waals surface area contributed by atoms with Crippen molar-refractivity contribution in [3.8, 4) is 0 Å². The lowest BCUT2D eigenvalue weighted by Gasteiger charge is -2.42. The van der Waals surface area contributed by atoms with Gasteiger partial charge in [0.15, 0.2) is 0 Å². The first kappa shape index (κ1) is 19.5. The second-order valence-electron chi connectivity index (χ2n) is 6.33. The molecule has 0 aromatic heterocycles. The van der Waals surface area contributed by atoms with Crippen molar-refractivity contribution in [3.05, 3.63) is 34.9 Å². The van der Waals surface area contributed by atoms with Gasteiger partial charge in [0.05, 0.1) is 6.54 Å². The van der Waals surface area contributed by atoms with Gasteiger partial charge in [-0.1, -0.05) is 36.7 Å². The van der Waals surface area contributed by atoms with Crippen molar-refractivity contribution in [2.45, 2.75) is 45.3 Å². The summed E-state index contributed by atoms with van der Waals surface area (Å²) in [6, 6.07) is 7.74. The van der Waals surface area contributed by atoms with E-state index in [1.807, 2.05) is 43.0 Å². The number of carboxylic acids is 1. The maximum Gasteiger partial charge on any atom is 0.317 e. The molecule has 1 fully saturated rings. The minimum absolute atomic E-state index is 0.0510. The van der Waals surface area contributed by atoms with Gasteiger partial charge >= 0.3 is 12.0 Å². The fraction of sp³-hybridized carbons (Fsp3) is 0.556. The number of urea groups is 1. The number of carbonyl (C=O) groups excluding carboxylic acids is 1. The van der Waals surface area contributed by atoms with E-state index in [1.165, 1.54) is 0 Å². The SMILES string of the molecule is CCN(Cc1ccccc1Cl)C(=O)NC1CC(N(CC)CC(=O)O)C1. The Kier molecular flexibility index (Phi) is 7.08. The fourth-order valence-electron chi connectivity index (χ4n) is 3.10. The topological polar surface area (TPSA) is 72.9 Å². The molecular formula is C18H26ClN3O3. The van der Waals surface area contributed by atoms with Gasteiger partial charge in [-0.05, 0) is 37.9 Å². The van der Waals surface area contributed by atoms with Crippen LogP contribution in [-0.2, 0) is 11.3 Å². The number of likely N-dealkylation sites (N-methyl/N-ethyl adjacent to an activating group) is 1. The number of carbonyl (C=O) groups is 2. The summed E-state index contributed by atoms with van der Waals surface area (Å²) in [5.41, 5.74) is 0.922. The Balaban J connectivity index is 1.83. The van der Waals surface area contributed by atoms with Gasteiger partial charge in [0.1, 0.15) is 0 Å². The molecule has 138 valence electrons. The summed E-state index contributed by atoms with van der Waals surface area (Å²) < 4.78 is 0. The highest BCUT2D eigenvalue weighted by atomic mass is 35.5. The minimum Gasteiger partial charge on any atom is -0.480 e. The summed E-state index contributed by atoms with van der Waals surface area (Å²) in [7, 11) is 0. The van der Waals surface area contributed by atoms with Crippen LogP contribution in [0.15, 0.2) is 24.3 Å². The van der Waals surface area contributed by atoms with Crippen molar-refractivity contribution >= 4 is 23.6 Å². The first-order valence-corrected chi connectivity index (χ1v) is 9.07. The summed E-state index contributed by atoms with van der Waals surface area (Å²) >= 11 is 6.17. The molecule has 1 aromatic carbocycles. The second kappa shape index (κ2) is 9.06. The van der Waals surface area contributed by atoms with Gasteiger partial charge < -0.3 is 15.3 Å². The quantitative estimate of drug-likeness (QED) is 0.741. The van der Waals surface area contributed by atoms with E-state index in [9.17, 15) is 9.59 Å². The van der Waals surface area contributed by atoms with E-state index in [-0.39, 0.29) is 24.7 Å². The molecule has 0 aliphatic heterocycles. The average molecular weight is 368 g/mol. The van der Waals surface area contributed by atoms with Crippen molar-refractivity contribution in [1.82, 2.24) is 15.1 Å². The Labute approximate surface area is 153 Å². The predicted molar refractivity (Wildman–Crippen MR) is 97.8 cm³/mol. The maximum atomic E-state index is 12.5. The van der Waals surface area contributed by atoms with Gasteiger partial charge in [-0.2, -0.15) is 0 Å². The highest BCUT2D eigenvalue weighted by Crippen LogP contribution is 2.26. The Morgan fingerprint density at radius 3 is 2.48 bits per heavy atom. The van der Waals surface area contributed by atoms with Crippen LogP contribution in [0.5, 0.6) is 0 Å². The number of nitrogens with one attached hydrogen (secondary N) is 1. The number of hydrogen-bond donors (Lipinski definition) is 2. The molecule has 7 heteroatoms. The average Bonchev–Trinajstić information content (AvgIpc) is 2.54. The summed E-state index contributed by atoms with van der Waals surface area (Å²) in [6.45, 7) is 5.70. The van der Waals surface area contributed by atoms with Crippen LogP contribution in [0, 0.1) is 0 Å². The fourth-order valence-corrected chi connectivity index (χ4v) is 3.30. The Hall–Kier alpha value is -1.79. The van der Waals surface area contributed by atoms with Gasteiger partial charge in [-0.25, -0.2) is 4.79 Å². The zero-order valence-electron chi connectivity index (χ0n) is 14.7. The van der Waals surface area contributed by atoms with E-state index < -0.39 is 5.97 Å². The standard InChI is InChI=1S/C18H26ClN3O3/c1-3-21(12-17(23)24)15-9-14(10-15)20-18(25)22(4-2)11-13-7-5-6-8-16(13)19/h5-8,14-15H,3-4,9-12H2,1-2H3,(H,20,25)(H,23,24). The molecule has 2 amide bonds. The molecule has 0 unspecified atom stereocenters. The summed E-state index contributed by atoms with van der Waals surface area (Å²) in [4.78, 5) is 27.0. The van der Waals surface area contributed by atoms with E-state index in [0.29, 0.717) is 24.7 Å². The maximum absolute atomic E-state index is 12.5. The Bertz CT molecular complexity index is 605. The molecule has 0 spiro atoms. The predicted octanol–water partition coefficient (Wildman–Crippen LogP) is 2.81. The third-order valence-electron chi connectivity index (χ3n) is 4.69. The molecular weight excluding hydrogens is 342 g/mol. The van der Waals surface area contributed by atoms with Crippen LogP contribution in [0.4, 0.5) is 4.79 Å². The molecule has 6 nitrogen and oxygen atoms in total. The normalized spacial score (nSPS) is 19.4. The van der Waals surface area contributed by atoms with Gasteiger partial charge in [0.2, 0.25) is 0 Å². The molecule has 0 atom stereocenters. The third-order valence-corrected chi connectivity index (χ3v) is 5.06. The van der Waals surface area contributed by atoms with E-state index in [1.54, 1.807) is 4.90 Å². The first-order valence-electron chi connectivity index (χ1n) is 8.69. The first-order chi connectivity index (χ1) is 11.9. The van der Waals surface area contributed by atoms with Gasteiger partial charge in [0.25, 0.3) is 0 Å². The van der Waals surface area contributed by atoms with E-state index in [2.05, 4.69) is 5.32 Å². The van der Waals surface area contributed by atoms with Crippen molar-refractivity contribution in [2.24, 2.45) is 0 Å². The highest BCUT2D eigenvalue weighted by Gasteiger charge is 2.35. The molecule has 2 N–H and O–H groups in total. The molecule has 0 bridgehead atoms. The van der Waals surface area contributed by atoms with Crippen LogP contribution in [0.25, 0.3) is 0 Å². The zero-order valence-corrected chi connectivity index (χ0v) is 15.5. The second-order valence-corrected chi connectivity index (χ2v) is 6.74.